The molecule has 3 rings (SSSR count). The van der Waals surface area contributed by atoms with Crippen molar-refractivity contribution in [1.29, 1.82) is 0 Å². The summed E-state index contributed by atoms with van der Waals surface area (Å²) >= 11 is 0. The van der Waals surface area contributed by atoms with Gasteiger partial charge in [-0.15, -0.1) is 0 Å². The smallest absolute Gasteiger partial charge is 0.253 e. The van der Waals surface area contributed by atoms with Gasteiger partial charge >= 0.3 is 0 Å². The third-order valence-corrected chi connectivity index (χ3v) is 4.90. The van der Waals surface area contributed by atoms with Gasteiger partial charge in [-0.05, 0) is 17.5 Å². The zero-order valence-electron chi connectivity index (χ0n) is 17.2. The van der Waals surface area contributed by atoms with Gasteiger partial charge in [0.1, 0.15) is 6.04 Å². The fraction of sp³-hybridized carbons (Fsp3) is 0.348. The molecule has 1 saturated heterocycles. The summed E-state index contributed by atoms with van der Waals surface area (Å²) in [7, 11) is 3.28. The molecule has 2 N–H and O–H groups in total. The van der Waals surface area contributed by atoms with Gasteiger partial charge in [0.25, 0.3) is 11.8 Å². The van der Waals surface area contributed by atoms with E-state index in [0.717, 1.165) is 11.1 Å². The van der Waals surface area contributed by atoms with Gasteiger partial charge < -0.3 is 20.3 Å². The van der Waals surface area contributed by atoms with Crippen LogP contribution in [-0.2, 0) is 32.0 Å². The monoisotopic (exact) mass is 409 g/mol. The maximum atomic E-state index is 12.6. The highest BCUT2D eigenvalue weighted by molar-refractivity contribution is 5.97. The molecule has 3 amide bonds. The second-order valence-corrected chi connectivity index (χ2v) is 7.49. The second kappa shape index (κ2) is 10.0. The number of amides is 3. The van der Waals surface area contributed by atoms with Crippen LogP contribution in [0.15, 0.2) is 60.7 Å². The van der Waals surface area contributed by atoms with Crippen molar-refractivity contribution in [2.75, 3.05) is 20.6 Å². The second-order valence-electron chi connectivity index (χ2n) is 7.49. The number of nitrogens with one attached hydrogen (secondary N) is 2. The van der Waals surface area contributed by atoms with Gasteiger partial charge in [0.15, 0.2) is 12.2 Å². The third-order valence-electron chi connectivity index (χ3n) is 4.90. The van der Waals surface area contributed by atoms with Crippen LogP contribution in [-0.4, -0.2) is 61.5 Å². The first-order valence-corrected chi connectivity index (χ1v) is 9.98. The largest absolute Gasteiger partial charge is 0.353 e. The lowest BCUT2D eigenvalue weighted by Crippen LogP contribution is -2.49. The summed E-state index contributed by atoms with van der Waals surface area (Å²) in [6, 6.07) is 18.6. The summed E-state index contributed by atoms with van der Waals surface area (Å²) in [6.45, 7) is 0.465. The fourth-order valence-corrected chi connectivity index (χ4v) is 3.20. The molecule has 0 saturated carbocycles. The van der Waals surface area contributed by atoms with E-state index in [-0.39, 0.29) is 11.8 Å². The first-order valence-electron chi connectivity index (χ1n) is 9.98. The summed E-state index contributed by atoms with van der Waals surface area (Å²) in [5, 5.41) is 5.53. The SMILES string of the molecule is CN(C)C(=O)[C@H](Cc1ccccc1)NC(=O)[C@H]1O[C@@H]1C(=O)NCCc1ccccc1. The Kier molecular flexibility index (Phi) is 7.19. The van der Waals surface area contributed by atoms with Crippen molar-refractivity contribution < 1.29 is 19.1 Å². The molecule has 2 aromatic carbocycles. The van der Waals surface area contributed by atoms with Gasteiger partial charge in [0, 0.05) is 27.1 Å². The Hall–Kier alpha value is -3.19. The molecule has 1 fully saturated rings. The number of benzene rings is 2. The number of nitrogens with zero attached hydrogens (tertiary/aromatic N) is 1. The molecule has 3 atom stereocenters. The van der Waals surface area contributed by atoms with E-state index < -0.39 is 24.2 Å². The maximum Gasteiger partial charge on any atom is 0.253 e. The highest BCUT2D eigenvalue weighted by Gasteiger charge is 2.50. The van der Waals surface area contributed by atoms with Crippen LogP contribution < -0.4 is 10.6 Å². The van der Waals surface area contributed by atoms with E-state index in [2.05, 4.69) is 10.6 Å². The molecule has 30 heavy (non-hydrogen) atoms. The zero-order chi connectivity index (χ0) is 21.5. The van der Waals surface area contributed by atoms with Gasteiger partial charge in [0.2, 0.25) is 5.91 Å². The van der Waals surface area contributed by atoms with Crippen molar-refractivity contribution in [2.45, 2.75) is 31.1 Å². The number of hydrogen-bond acceptors (Lipinski definition) is 4. The molecular weight excluding hydrogens is 382 g/mol. The summed E-state index contributed by atoms with van der Waals surface area (Å²) < 4.78 is 5.29. The number of carbonyl (C=O) groups is 3. The third kappa shape index (κ3) is 5.90. The number of carbonyl (C=O) groups excluding carboxylic acids is 3. The minimum absolute atomic E-state index is 0.211. The molecule has 0 aliphatic carbocycles. The van der Waals surface area contributed by atoms with Crippen LogP contribution in [0.4, 0.5) is 0 Å². The minimum Gasteiger partial charge on any atom is -0.353 e. The lowest BCUT2D eigenvalue weighted by molar-refractivity contribution is -0.134. The first kappa shape index (κ1) is 21.5. The summed E-state index contributed by atoms with van der Waals surface area (Å²) in [5.41, 5.74) is 2.06. The Labute approximate surface area is 176 Å². The number of rotatable bonds is 9. The topological polar surface area (TPSA) is 91.0 Å². The van der Waals surface area contributed by atoms with Crippen molar-refractivity contribution in [3.8, 4) is 0 Å². The molecule has 0 spiro atoms. The molecule has 0 unspecified atom stereocenters. The Bertz CT molecular complexity index is 871. The summed E-state index contributed by atoms with van der Waals surface area (Å²) in [6.07, 6.45) is -0.612. The molecule has 158 valence electrons. The van der Waals surface area contributed by atoms with Gasteiger partial charge in [0.05, 0.1) is 0 Å². The molecule has 2 aromatic rings. The number of epoxide rings is 1. The van der Waals surface area contributed by atoms with Crippen LogP contribution >= 0.6 is 0 Å². The van der Waals surface area contributed by atoms with Crippen LogP contribution in [0, 0.1) is 0 Å². The predicted molar refractivity (Wildman–Crippen MR) is 113 cm³/mol. The molecule has 0 bridgehead atoms. The molecule has 7 heteroatoms. The molecule has 1 heterocycles. The van der Waals surface area contributed by atoms with E-state index >= 15 is 0 Å². The van der Waals surface area contributed by atoms with Gasteiger partial charge in [-0.3, -0.25) is 14.4 Å². The van der Waals surface area contributed by atoms with Crippen molar-refractivity contribution in [1.82, 2.24) is 15.5 Å². The Balaban J connectivity index is 1.50. The van der Waals surface area contributed by atoms with E-state index in [1.165, 1.54) is 4.90 Å². The van der Waals surface area contributed by atoms with E-state index in [0.29, 0.717) is 19.4 Å². The van der Waals surface area contributed by atoms with E-state index in [9.17, 15) is 14.4 Å². The van der Waals surface area contributed by atoms with Crippen LogP contribution in [0.5, 0.6) is 0 Å². The maximum absolute atomic E-state index is 12.6. The van der Waals surface area contributed by atoms with Gasteiger partial charge in [-0.2, -0.15) is 0 Å². The number of hydrogen-bond donors (Lipinski definition) is 2. The Morgan fingerprint density at radius 2 is 1.47 bits per heavy atom. The van der Waals surface area contributed by atoms with Crippen LogP contribution in [0.2, 0.25) is 0 Å². The summed E-state index contributed by atoms with van der Waals surface area (Å²) in [5.74, 6) is -0.976. The highest BCUT2D eigenvalue weighted by Crippen LogP contribution is 2.23. The minimum atomic E-state index is -0.866. The molecule has 0 aromatic heterocycles. The van der Waals surface area contributed by atoms with Gasteiger partial charge in [-0.25, -0.2) is 0 Å². The van der Waals surface area contributed by atoms with Crippen molar-refractivity contribution in [2.24, 2.45) is 0 Å². The highest BCUT2D eigenvalue weighted by atomic mass is 16.6. The zero-order valence-corrected chi connectivity index (χ0v) is 17.2. The Morgan fingerprint density at radius 3 is 2.07 bits per heavy atom. The predicted octanol–water partition coefficient (Wildman–Crippen LogP) is 0.928. The van der Waals surface area contributed by atoms with Crippen LogP contribution in [0.1, 0.15) is 11.1 Å². The van der Waals surface area contributed by atoms with Crippen molar-refractivity contribution >= 4 is 17.7 Å². The molecule has 7 nitrogen and oxygen atoms in total. The Morgan fingerprint density at radius 1 is 0.900 bits per heavy atom. The van der Waals surface area contributed by atoms with E-state index in [4.69, 9.17) is 4.74 Å². The fourth-order valence-electron chi connectivity index (χ4n) is 3.20. The average molecular weight is 409 g/mol. The average Bonchev–Trinajstić information content (AvgIpc) is 3.55. The van der Waals surface area contributed by atoms with Crippen LogP contribution in [0.3, 0.4) is 0 Å². The van der Waals surface area contributed by atoms with E-state index in [1.54, 1.807) is 14.1 Å². The molecule has 1 aliphatic rings. The van der Waals surface area contributed by atoms with Crippen molar-refractivity contribution in [3.63, 3.8) is 0 Å². The van der Waals surface area contributed by atoms with Crippen molar-refractivity contribution in [3.05, 3.63) is 71.8 Å². The number of likely N-dealkylation sites (N-methyl/N-ethyl adjacent to an activating group) is 1. The normalized spacial score (nSPS) is 18.2. The quantitative estimate of drug-likeness (QED) is 0.603. The lowest BCUT2D eigenvalue weighted by Gasteiger charge is -2.21. The molecule has 0 radical (unpaired) electrons. The first-order chi connectivity index (χ1) is 14.5. The molecule has 1 aliphatic heterocycles. The summed E-state index contributed by atoms with van der Waals surface area (Å²) in [4.78, 5) is 38.7. The number of ether oxygens (including phenoxy) is 1. The molecular formula is C23H27N3O4. The standard InChI is InChI=1S/C23H27N3O4/c1-26(2)23(29)18(15-17-11-7-4-8-12-17)25-22(28)20-19(30-20)21(27)24-14-13-16-9-5-3-6-10-16/h3-12,18-20H,13-15H2,1-2H3,(H,24,27)(H,25,28)/t18-,19-,20-/m0/s1. The van der Waals surface area contributed by atoms with Crippen LogP contribution in [0.25, 0.3) is 0 Å². The lowest BCUT2D eigenvalue weighted by atomic mass is 10.0. The van der Waals surface area contributed by atoms with E-state index in [1.807, 2.05) is 60.7 Å². The van der Waals surface area contributed by atoms with Gasteiger partial charge in [-0.1, -0.05) is 60.7 Å².